The van der Waals surface area contributed by atoms with E-state index in [0.717, 1.165) is 34.4 Å². The number of aromatic amines is 1. The Morgan fingerprint density at radius 3 is 2.54 bits per heavy atom. The molecule has 28 heavy (non-hydrogen) atoms. The summed E-state index contributed by atoms with van der Waals surface area (Å²) in [6.07, 6.45) is 0. The predicted octanol–water partition coefficient (Wildman–Crippen LogP) is 3.59. The molecule has 0 aliphatic carbocycles. The van der Waals surface area contributed by atoms with E-state index in [1.807, 2.05) is 25.1 Å². The molecule has 144 valence electrons. The molecule has 2 N–H and O–H groups in total. The van der Waals surface area contributed by atoms with Gasteiger partial charge in [-0.05, 0) is 18.2 Å². The first-order valence-corrected chi connectivity index (χ1v) is 9.19. The van der Waals surface area contributed by atoms with E-state index in [4.69, 9.17) is 0 Å². The maximum atomic E-state index is 13.8. The molecule has 0 atom stereocenters. The molecule has 2 aromatic carbocycles. The van der Waals surface area contributed by atoms with E-state index in [9.17, 15) is 13.6 Å². The molecular formula is C21H21F2N4O+. The van der Waals surface area contributed by atoms with Crippen molar-refractivity contribution in [1.82, 2.24) is 4.90 Å². The van der Waals surface area contributed by atoms with Crippen LogP contribution in [0.25, 0.3) is 10.9 Å². The quantitative estimate of drug-likeness (QED) is 0.735. The Morgan fingerprint density at radius 1 is 1.04 bits per heavy atom. The van der Waals surface area contributed by atoms with Crippen LogP contribution in [0.5, 0.6) is 0 Å². The lowest BCUT2D eigenvalue weighted by Crippen LogP contribution is -2.50. The van der Waals surface area contributed by atoms with Crippen molar-refractivity contribution in [2.45, 2.75) is 6.92 Å². The lowest BCUT2D eigenvalue weighted by molar-refractivity contribution is -0.354. The van der Waals surface area contributed by atoms with Gasteiger partial charge in [0.15, 0.2) is 5.69 Å². The van der Waals surface area contributed by atoms with Gasteiger partial charge in [0.25, 0.3) is 0 Å². The third-order valence-corrected chi connectivity index (χ3v) is 4.97. The van der Waals surface area contributed by atoms with E-state index in [-0.39, 0.29) is 11.7 Å². The van der Waals surface area contributed by atoms with Crippen LogP contribution in [-0.4, -0.2) is 37.1 Å². The van der Waals surface area contributed by atoms with Crippen LogP contribution in [0, 0.1) is 18.6 Å². The van der Waals surface area contributed by atoms with Crippen molar-refractivity contribution in [1.29, 1.82) is 0 Å². The molecule has 1 aromatic heterocycles. The highest BCUT2D eigenvalue weighted by molar-refractivity contribution is 5.91. The smallest absolute Gasteiger partial charge is 0.322 e. The summed E-state index contributed by atoms with van der Waals surface area (Å²) in [5, 5.41) is 3.66. The maximum absolute atomic E-state index is 13.8. The van der Waals surface area contributed by atoms with E-state index >= 15 is 0 Å². The third kappa shape index (κ3) is 3.60. The number of benzene rings is 2. The molecule has 1 saturated heterocycles. The average molecular weight is 383 g/mol. The molecule has 2 amide bonds. The van der Waals surface area contributed by atoms with Gasteiger partial charge in [-0.15, -0.1) is 0 Å². The van der Waals surface area contributed by atoms with Crippen LogP contribution in [0.4, 0.5) is 25.0 Å². The van der Waals surface area contributed by atoms with Crippen LogP contribution in [-0.2, 0) is 0 Å². The minimum Gasteiger partial charge on any atom is -0.367 e. The summed E-state index contributed by atoms with van der Waals surface area (Å²) in [5.41, 5.74) is 3.26. The number of aromatic nitrogens is 1. The fourth-order valence-electron chi connectivity index (χ4n) is 3.54. The first kappa shape index (κ1) is 18.2. The standard InChI is InChI=1S/C21H20F2N4O/c1-14-12-20(16-4-2-3-5-18(16)24-14)26-8-10-27(11-9-26)21(28)25-19-7-6-15(22)13-17(19)23/h2-7,12-13H,8-11H2,1H3,(H,25,28)/p+1. The van der Waals surface area contributed by atoms with Gasteiger partial charge < -0.3 is 15.1 Å². The minimum absolute atomic E-state index is 0.0194. The van der Waals surface area contributed by atoms with Crippen molar-refractivity contribution in [2.75, 3.05) is 36.4 Å². The zero-order valence-electron chi connectivity index (χ0n) is 15.5. The molecule has 1 fully saturated rings. The van der Waals surface area contributed by atoms with Crippen LogP contribution in [0.15, 0.2) is 48.5 Å². The molecule has 4 rings (SSSR count). The molecule has 0 saturated carbocycles. The van der Waals surface area contributed by atoms with E-state index in [0.29, 0.717) is 26.2 Å². The number of hydrogen-bond acceptors (Lipinski definition) is 2. The van der Waals surface area contributed by atoms with Gasteiger partial charge in [0.1, 0.15) is 11.6 Å². The number of nitrogens with zero attached hydrogens (tertiary/aromatic N) is 2. The molecule has 2 heterocycles. The molecular weight excluding hydrogens is 362 g/mol. The number of amides is 2. The van der Waals surface area contributed by atoms with Gasteiger partial charge in [-0.3, -0.25) is 0 Å². The molecule has 0 unspecified atom stereocenters. The molecule has 5 nitrogen and oxygen atoms in total. The first-order valence-electron chi connectivity index (χ1n) is 9.19. The highest BCUT2D eigenvalue weighted by Gasteiger charge is 2.24. The second-order valence-electron chi connectivity index (χ2n) is 6.91. The third-order valence-electron chi connectivity index (χ3n) is 4.97. The minimum atomic E-state index is -0.783. The highest BCUT2D eigenvalue weighted by Crippen LogP contribution is 2.26. The Labute approximate surface area is 161 Å². The fourth-order valence-corrected chi connectivity index (χ4v) is 3.54. The first-order chi connectivity index (χ1) is 13.5. The van der Waals surface area contributed by atoms with Crippen molar-refractivity contribution < 1.29 is 18.6 Å². The van der Waals surface area contributed by atoms with Crippen LogP contribution >= 0.6 is 0 Å². The van der Waals surface area contributed by atoms with Gasteiger partial charge in [-0.1, -0.05) is 12.1 Å². The summed E-state index contributed by atoms with van der Waals surface area (Å²) in [6.45, 7) is 4.40. The summed E-state index contributed by atoms with van der Waals surface area (Å²) < 4.78 is 26.8. The molecule has 1 aliphatic rings. The Kier molecular flexibility index (Phi) is 4.81. The van der Waals surface area contributed by atoms with Gasteiger partial charge in [-0.25, -0.2) is 18.6 Å². The van der Waals surface area contributed by atoms with Crippen molar-refractivity contribution in [2.24, 2.45) is 0 Å². The Morgan fingerprint density at radius 2 is 1.79 bits per heavy atom. The van der Waals surface area contributed by atoms with E-state index < -0.39 is 11.6 Å². The Balaban J connectivity index is 1.46. The zero-order chi connectivity index (χ0) is 19.7. The summed E-state index contributed by atoms with van der Waals surface area (Å²) in [7, 11) is 0. The predicted molar refractivity (Wildman–Crippen MR) is 104 cm³/mol. The number of aryl methyl sites for hydroxylation is 1. The SMILES string of the molecule is Cc1cc(N2CCN(C(=O)Nc3ccc(F)cc3F)CC2)c2ccccc2[nH+]1. The van der Waals surface area contributed by atoms with Gasteiger partial charge >= 0.3 is 6.03 Å². The van der Waals surface area contributed by atoms with Crippen LogP contribution in [0.1, 0.15) is 5.69 Å². The number of carbonyl (C=O) groups is 1. The summed E-state index contributed by atoms with van der Waals surface area (Å²) in [4.78, 5) is 19.7. The van der Waals surface area contributed by atoms with Crippen molar-refractivity contribution in [3.05, 3.63) is 65.9 Å². The summed E-state index contributed by atoms with van der Waals surface area (Å²) in [6, 6.07) is 13.0. The zero-order valence-corrected chi connectivity index (χ0v) is 15.5. The number of nitrogens with one attached hydrogen (secondary N) is 2. The number of fused-ring (bicyclic) bond motifs is 1. The second-order valence-corrected chi connectivity index (χ2v) is 6.91. The lowest BCUT2D eigenvalue weighted by Gasteiger charge is -2.36. The van der Waals surface area contributed by atoms with Gasteiger partial charge in [0, 0.05) is 51.3 Å². The topological polar surface area (TPSA) is 49.7 Å². The van der Waals surface area contributed by atoms with E-state index in [1.54, 1.807) is 4.90 Å². The van der Waals surface area contributed by atoms with Gasteiger partial charge in [0.05, 0.1) is 16.8 Å². The lowest BCUT2D eigenvalue weighted by atomic mass is 10.1. The van der Waals surface area contributed by atoms with Gasteiger partial charge in [0.2, 0.25) is 5.52 Å². The molecule has 0 radical (unpaired) electrons. The monoisotopic (exact) mass is 383 g/mol. The normalized spacial score (nSPS) is 14.4. The fraction of sp³-hybridized carbons (Fsp3) is 0.238. The maximum Gasteiger partial charge on any atom is 0.322 e. The molecule has 3 aromatic rings. The van der Waals surface area contributed by atoms with Crippen LogP contribution in [0.2, 0.25) is 0 Å². The number of rotatable bonds is 2. The highest BCUT2D eigenvalue weighted by atomic mass is 19.1. The number of piperazine rings is 1. The van der Waals surface area contributed by atoms with E-state index in [1.165, 1.54) is 6.07 Å². The van der Waals surface area contributed by atoms with E-state index in [2.05, 4.69) is 27.3 Å². The largest absolute Gasteiger partial charge is 0.367 e. The Bertz CT molecular complexity index is 1030. The van der Waals surface area contributed by atoms with Gasteiger partial charge in [-0.2, -0.15) is 0 Å². The van der Waals surface area contributed by atoms with Crippen molar-refractivity contribution >= 4 is 28.3 Å². The molecule has 7 heteroatoms. The van der Waals surface area contributed by atoms with Crippen LogP contribution < -0.4 is 15.2 Å². The molecule has 1 aliphatic heterocycles. The average Bonchev–Trinajstić information content (AvgIpc) is 2.69. The van der Waals surface area contributed by atoms with Crippen molar-refractivity contribution in [3.63, 3.8) is 0 Å². The number of pyridine rings is 1. The number of halogens is 2. The number of urea groups is 1. The second kappa shape index (κ2) is 7.42. The summed E-state index contributed by atoms with van der Waals surface area (Å²) in [5.74, 6) is -1.46. The number of carbonyl (C=O) groups excluding carboxylic acids is 1. The number of hydrogen-bond donors (Lipinski definition) is 1. The molecule has 0 spiro atoms. The number of anilines is 2. The number of H-pyrrole nitrogens is 1. The van der Waals surface area contributed by atoms with Crippen molar-refractivity contribution in [3.8, 4) is 0 Å². The summed E-state index contributed by atoms with van der Waals surface area (Å²) >= 11 is 0. The molecule has 0 bridgehead atoms. The number of para-hydroxylation sites is 1. The van der Waals surface area contributed by atoms with Crippen LogP contribution in [0.3, 0.4) is 0 Å². The Hall–Kier alpha value is -3.22.